The van der Waals surface area contributed by atoms with Gasteiger partial charge in [0, 0.05) is 19.0 Å². The van der Waals surface area contributed by atoms with Gasteiger partial charge < -0.3 is 9.72 Å². The number of hydrogen-bond acceptors (Lipinski definition) is 3. The first-order valence-corrected chi connectivity index (χ1v) is 4.28. The number of carbonyl (C=O) groups excluding carboxylic acids is 1. The van der Waals surface area contributed by atoms with Gasteiger partial charge in [0.05, 0.1) is 0 Å². The van der Waals surface area contributed by atoms with Gasteiger partial charge in [0.15, 0.2) is 0 Å². The Morgan fingerprint density at radius 2 is 2.69 bits per heavy atom. The lowest BCUT2D eigenvalue weighted by Crippen LogP contribution is -2.27. The summed E-state index contributed by atoms with van der Waals surface area (Å²) in [4.78, 5) is 18.1. The summed E-state index contributed by atoms with van der Waals surface area (Å²) < 4.78 is 5.21. The Morgan fingerprint density at radius 3 is 3.31 bits per heavy atom. The molecule has 2 heterocycles. The number of ether oxygens (including phenoxy) is 1. The topological polar surface area (TPSA) is 67.0 Å². The minimum absolute atomic E-state index is 0.118. The van der Waals surface area contributed by atoms with Crippen molar-refractivity contribution in [2.75, 3.05) is 11.9 Å². The number of H-pyrrole nitrogens is 1. The van der Waals surface area contributed by atoms with Crippen LogP contribution >= 0.6 is 0 Å². The van der Waals surface area contributed by atoms with Gasteiger partial charge >= 0.3 is 0 Å². The van der Waals surface area contributed by atoms with Gasteiger partial charge in [-0.15, -0.1) is 0 Å². The molecule has 1 saturated heterocycles. The van der Waals surface area contributed by atoms with Crippen molar-refractivity contribution in [3.63, 3.8) is 0 Å². The molecule has 1 aliphatic rings. The Hall–Kier alpha value is -1.36. The standard InChI is InChI=1S/C8H11N3O2/c12-7(6-2-1-5-13-6)11-8-9-3-4-10-8/h3-4,6H,1-2,5H2,(H2,9,10,11,12). The van der Waals surface area contributed by atoms with Crippen molar-refractivity contribution in [1.29, 1.82) is 0 Å². The molecule has 5 nitrogen and oxygen atoms in total. The Morgan fingerprint density at radius 1 is 1.77 bits per heavy atom. The minimum Gasteiger partial charge on any atom is -0.368 e. The van der Waals surface area contributed by atoms with Crippen molar-refractivity contribution in [2.24, 2.45) is 0 Å². The quantitative estimate of drug-likeness (QED) is 0.699. The molecular weight excluding hydrogens is 170 g/mol. The van der Waals surface area contributed by atoms with Crippen molar-refractivity contribution in [3.8, 4) is 0 Å². The number of aromatic amines is 1. The van der Waals surface area contributed by atoms with Gasteiger partial charge in [-0.2, -0.15) is 0 Å². The smallest absolute Gasteiger partial charge is 0.255 e. The van der Waals surface area contributed by atoms with Gasteiger partial charge in [0.25, 0.3) is 5.91 Å². The second-order valence-electron chi connectivity index (χ2n) is 2.93. The number of aromatic nitrogens is 2. The molecule has 0 aliphatic carbocycles. The summed E-state index contributed by atoms with van der Waals surface area (Å²) in [6.45, 7) is 0.677. The lowest BCUT2D eigenvalue weighted by molar-refractivity contribution is -0.124. The number of carbonyl (C=O) groups is 1. The van der Waals surface area contributed by atoms with Gasteiger partial charge in [0.2, 0.25) is 5.95 Å². The molecule has 1 fully saturated rings. The zero-order chi connectivity index (χ0) is 9.10. The van der Waals surface area contributed by atoms with E-state index in [1.54, 1.807) is 12.4 Å². The van der Waals surface area contributed by atoms with Crippen LogP contribution in [0.15, 0.2) is 12.4 Å². The van der Waals surface area contributed by atoms with Crippen LogP contribution in [0.1, 0.15) is 12.8 Å². The molecule has 0 radical (unpaired) electrons. The average Bonchev–Trinajstić information content (AvgIpc) is 2.74. The van der Waals surface area contributed by atoms with Gasteiger partial charge in [-0.05, 0) is 12.8 Å². The predicted molar refractivity (Wildman–Crippen MR) is 46.2 cm³/mol. The Balaban J connectivity index is 1.91. The summed E-state index contributed by atoms with van der Waals surface area (Å²) in [6.07, 6.45) is 4.70. The molecule has 0 spiro atoms. The van der Waals surface area contributed by atoms with E-state index in [0.29, 0.717) is 12.6 Å². The Bertz CT molecular complexity index is 278. The first kappa shape index (κ1) is 8.25. The number of hydrogen-bond donors (Lipinski definition) is 2. The number of rotatable bonds is 2. The maximum Gasteiger partial charge on any atom is 0.255 e. The summed E-state index contributed by atoms with van der Waals surface area (Å²) in [7, 11) is 0. The first-order valence-electron chi connectivity index (χ1n) is 4.28. The van der Waals surface area contributed by atoms with Crippen molar-refractivity contribution in [3.05, 3.63) is 12.4 Å². The van der Waals surface area contributed by atoms with Gasteiger partial charge in [-0.3, -0.25) is 10.1 Å². The van der Waals surface area contributed by atoms with Crippen LogP contribution in [-0.4, -0.2) is 28.6 Å². The third kappa shape index (κ3) is 1.86. The molecule has 5 heteroatoms. The summed E-state index contributed by atoms with van der Waals surface area (Å²) in [6, 6.07) is 0. The van der Waals surface area contributed by atoms with Gasteiger partial charge in [0.1, 0.15) is 6.10 Å². The normalized spacial score (nSPS) is 21.7. The second-order valence-corrected chi connectivity index (χ2v) is 2.93. The first-order chi connectivity index (χ1) is 6.36. The van der Waals surface area contributed by atoms with E-state index in [0.717, 1.165) is 12.8 Å². The van der Waals surface area contributed by atoms with E-state index < -0.39 is 0 Å². The zero-order valence-electron chi connectivity index (χ0n) is 7.12. The fourth-order valence-electron chi connectivity index (χ4n) is 1.32. The van der Waals surface area contributed by atoms with Crippen molar-refractivity contribution < 1.29 is 9.53 Å². The number of anilines is 1. The van der Waals surface area contributed by atoms with E-state index in [2.05, 4.69) is 15.3 Å². The highest BCUT2D eigenvalue weighted by atomic mass is 16.5. The largest absolute Gasteiger partial charge is 0.368 e. The molecule has 1 aromatic heterocycles. The molecule has 1 aromatic rings. The molecular formula is C8H11N3O2. The van der Waals surface area contributed by atoms with E-state index >= 15 is 0 Å². The van der Waals surface area contributed by atoms with Crippen molar-refractivity contribution >= 4 is 11.9 Å². The summed E-state index contributed by atoms with van der Waals surface area (Å²) >= 11 is 0. The van der Waals surface area contributed by atoms with Crippen LogP contribution in [0.5, 0.6) is 0 Å². The fraction of sp³-hybridized carbons (Fsp3) is 0.500. The third-order valence-corrected chi connectivity index (χ3v) is 1.96. The second kappa shape index (κ2) is 3.57. The molecule has 1 unspecified atom stereocenters. The lowest BCUT2D eigenvalue weighted by Gasteiger charge is -2.07. The van der Waals surface area contributed by atoms with Crippen LogP contribution in [0.3, 0.4) is 0 Å². The maximum atomic E-state index is 11.4. The number of imidazole rings is 1. The van der Waals surface area contributed by atoms with Crippen LogP contribution in [0.4, 0.5) is 5.95 Å². The summed E-state index contributed by atoms with van der Waals surface area (Å²) in [5.41, 5.74) is 0. The van der Waals surface area contributed by atoms with Gasteiger partial charge in [-0.1, -0.05) is 0 Å². The van der Waals surface area contributed by atoms with Crippen LogP contribution in [0.2, 0.25) is 0 Å². The molecule has 13 heavy (non-hydrogen) atoms. The molecule has 2 N–H and O–H groups in total. The van der Waals surface area contributed by atoms with Crippen LogP contribution in [-0.2, 0) is 9.53 Å². The molecule has 0 bridgehead atoms. The van der Waals surface area contributed by atoms with E-state index in [4.69, 9.17) is 4.74 Å². The average molecular weight is 181 g/mol. The van der Waals surface area contributed by atoms with Crippen LogP contribution in [0.25, 0.3) is 0 Å². The molecule has 70 valence electrons. The monoisotopic (exact) mass is 181 g/mol. The minimum atomic E-state index is -0.301. The van der Waals surface area contributed by atoms with Crippen LogP contribution in [0, 0.1) is 0 Å². The highest BCUT2D eigenvalue weighted by molar-refractivity contribution is 5.92. The lowest BCUT2D eigenvalue weighted by atomic mass is 10.2. The SMILES string of the molecule is O=C(Nc1ncc[nH]1)C1CCCO1. The van der Waals surface area contributed by atoms with Crippen molar-refractivity contribution in [2.45, 2.75) is 18.9 Å². The maximum absolute atomic E-state index is 11.4. The van der Waals surface area contributed by atoms with E-state index in [1.807, 2.05) is 0 Å². The van der Waals surface area contributed by atoms with Gasteiger partial charge in [-0.25, -0.2) is 4.98 Å². The number of nitrogens with one attached hydrogen (secondary N) is 2. The summed E-state index contributed by atoms with van der Waals surface area (Å²) in [5, 5.41) is 2.63. The third-order valence-electron chi connectivity index (χ3n) is 1.96. The fourth-order valence-corrected chi connectivity index (χ4v) is 1.32. The molecule has 1 aliphatic heterocycles. The number of nitrogens with zero attached hydrogens (tertiary/aromatic N) is 1. The molecule has 1 amide bonds. The molecule has 2 rings (SSSR count). The molecule has 0 aromatic carbocycles. The van der Waals surface area contributed by atoms with E-state index in [1.165, 1.54) is 0 Å². The van der Waals surface area contributed by atoms with E-state index in [9.17, 15) is 4.79 Å². The zero-order valence-corrected chi connectivity index (χ0v) is 7.12. The highest BCUT2D eigenvalue weighted by Crippen LogP contribution is 2.13. The Kier molecular flexibility index (Phi) is 2.27. The molecule has 0 saturated carbocycles. The van der Waals surface area contributed by atoms with Crippen LogP contribution < -0.4 is 5.32 Å². The van der Waals surface area contributed by atoms with Crippen molar-refractivity contribution in [1.82, 2.24) is 9.97 Å². The summed E-state index contributed by atoms with van der Waals surface area (Å²) in [5.74, 6) is 0.355. The Labute approximate surface area is 75.5 Å². The molecule has 1 atom stereocenters. The number of amides is 1. The predicted octanol–water partition coefficient (Wildman–Crippen LogP) is 0.527. The van der Waals surface area contributed by atoms with E-state index in [-0.39, 0.29) is 12.0 Å². The highest BCUT2D eigenvalue weighted by Gasteiger charge is 2.23.